The predicted molar refractivity (Wildman–Crippen MR) is 74.9 cm³/mol. The normalized spacial score (nSPS) is 12.6. The summed E-state index contributed by atoms with van der Waals surface area (Å²) in [6.07, 6.45) is 7.87. The molecule has 1 aromatic rings. The smallest absolute Gasteiger partial charge is 0.0419 e. The van der Waals surface area contributed by atoms with Crippen LogP contribution >= 0.6 is 0 Å². The molecule has 2 heteroatoms. The highest BCUT2D eigenvalue weighted by Gasteiger charge is 2.02. The van der Waals surface area contributed by atoms with Crippen LogP contribution in [0.1, 0.15) is 56.2 Å². The lowest BCUT2D eigenvalue weighted by Crippen LogP contribution is -2.20. The topological polar surface area (TPSA) is 52.0 Å². The van der Waals surface area contributed by atoms with Crippen molar-refractivity contribution in [3.05, 3.63) is 35.4 Å². The van der Waals surface area contributed by atoms with Crippen molar-refractivity contribution in [2.24, 2.45) is 11.5 Å². The largest absolute Gasteiger partial charge is 0.329 e. The molecule has 0 aliphatic heterocycles. The van der Waals surface area contributed by atoms with Crippen LogP contribution in [0.2, 0.25) is 0 Å². The average molecular weight is 234 g/mol. The van der Waals surface area contributed by atoms with Crippen LogP contribution < -0.4 is 11.5 Å². The van der Waals surface area contributed by atoms with E-state index < -0.39 is 0 Å². The molecule has 0 spiro atoms. The first-order valence-corrected chi connectivity index (χ1v) is 6.82. The Morgan fingerprint density at radius 1 is 1.00 bits per heavy atom. The molecule has 0 fully saturated rings. The van der Waals surface area contributed by atoms with Crippen LogP contribution in [-0.2, 0) is 6.42 Å². The van der Waals surface area contributed by atoms with E-state index in [0.29, 0.717) is 6.54 Å². The maximum absolute atomic E-state index is 5.87. The molecule has 1 atom stereocenters. The lowest BCUT2D eigenvalue weighted by atomic mass is 10.0. The summed E-state index contributed by atoms with van der Waals surface area (Å²) in [7, 11) is 0. The third-order valence-corrected chi connectivity index (χ3v) is 3.23. The third kappa shape index (κ3) is 5.33. The Bertz CT molecular complexity index is 292. The van der Waals surface area contributed by atoms with Gasteiger partial charge in [-0.05, 0) is 24.0 Å². The number of hydrogen-bond acceptors (Lipinski definition) is 2. The SMILES string of the molecule is CCCCCCCc1ccc(C(N)CN)cc1. The Morgan fingerprint density at radius 2 is 1.65 bits per heavy atom. The summed E-state index contributed by atoms with van der Waals surface area (Å²) in [6, 6.07) is 8.57. The van der Waals surface area contributed by atoms with Crippen molar-refractivity contribution in [2.75, 3.05) is 6.54 Å². The first-order chi connectivity index (χ1) is 8.27. The molecule has 1 unspecified atom stereocenters. The van der Waals surface area contributed by atoms with Gasteiger partial charge in [0.15, 0.2) is 0 Å². The summed E-state index contributed by atoms with van der Waals surface area (Å²) < 4.78 is 0. The zero-order valence-electron chi connectivity index (χ0n) is 11.0. The van der Waals surface area contributed by atoms with Crippen molar-refractivity contribution < 1.29 is 0 Å². The summed E-state index contributed by atoms with van der Waals surface area (Å²) in [5, 5.41) is 0. The molecule has 0 aromatic heterocycles. The average Bonchev–Trinajstić information content (AvgIpc) is 2.38. The fourth-order valence-electron chi connectivity index (χ4n) is 2.00. The number of rotatable bonds is 8. The van der Waals surface area contributed by atoms with E-state index in [1.54, 1.807) is 0 Å². The molecule has 0 saturated carbocycles. The highest BCUT2D eigenvalue weighted by Crippen LogP contribution is 2.13. The fourth-order valence-corrected chi connectivity index (χ4v) is 2.00. The highest BCUT2D eigenvalue weighted by atomic mass is 14.7. The monoisotopic (exact) mass is 234 g/mol. The summed E-state index contributed by atoms with van der Waals surface area (Å²) >= 11 is 0. The van der Waals surface area contributed by atoms with Crippen LogP contribution in [0.3, 0.4) is 0 Å². The predicted octanol–water partition coefficient (Wildman–Crippen LogP) is 3.16. The molecule has 0 amide bonds. The number of unbranched alkanes of at least 4 members (excludes halogenated alkanes) is 4. The van der Waals surface area contributed by atoms with E-state index >= 15 is 0 Å². The minimum absolute atomic E-state index is 0.0198. The number of aryl methyl sites for hydroxylation is 1. The molecular weight excluding hydrogens is 208 g/mol. The van der Waals surface area contributed by atoms with E-state index in [4.69, 9.17) is 11.5 Å². The maximum Gasteiger partial charge on any atom is 0.0419 e. The van der Waals surface area contributed by atoms with Gasteiger partial charge in [-0.25, -0.2) is 0 Å². The van der Waals surface area contributed by atoms with Gasteiger partial charge in [-0.3, -0.25) is 0 Å². The van der Waals surface area contributed by atoms with E-state index in [1.807, 2.05) is 0 Å². The van der Waals surface area contributed by atoms with Crippen molar-refractivity contribution in [1.29, 1.82) is 0 Å². The Morgan fingerprint density at radius 3 is 2.24 bits per heavy atom. The molecule has 0 aliphatic carbocycles. The van der Waals surface area contributed by atoms with Crippen molar-refractivity contribution in [3.8, 4) is 0 Å². The van der Waals surface area contributed by atoms with Gasteiger partial charge in [0.1, 0.15) is 0 Å². The van der Waals surface area contributed by atoms with Gasteiger partial charge >= 0.3 is 0 Å². The standard InChI is InChI=1S/C15H26N2/c1-2-3-4-5-6-7-13-8-10-14(11-9-13)15(17)12-16/h8-11,15H,2-7,12,16-17H2,1H3. The second-order valence-corrected chi connectivity index (χ2v) is 4.75. The Hall–Kier alpha value is -0.860. The lowest BCUT2D eigenvalue weighted by molar-refractivity contribution is 0.632. The maximum atomic E-state index is 5.87. The Kier molecular flexibility index (Phi) is 6.90. The Labute approximate surface area is 105 Å². The minimum Gasteiger partial charge on any atom is -0.329 e. The molecule has 0 radical (unpaired) electrons. The van der Waals surface area contributed by atoms with Crippen LogP contribution in [0.25, 0.3) is 0 Å². The van der Waals surface area contributed by atoms with Crippen molar-refractivity contribution in [2.45, 2.75) is 51.5 Å². The van der Waals surface area contributed by atoms with E-state index in [1.165, 1.54) is 44.1 Å². The second kappa shape index (κ2) is 8.26. The van der Waals surface area contributed by atoms with Gasteiger partial charge in [0, 0.05) is 12.6 Å². The van der Waals surface area contributed by atoms with Crippen LogP contribution in [0.5, 0.6) is 0 Å². The van der Waals surface area contributed by atoms with E-state index in [9.17, 15) is 0 Å². The van der Waals surface area contributed by atoms with Crippen molar-refractivity contribution in [3.63, 3.8) is 0 Å². The number of hydrogen-bond donors (Lipinski definition) is 2. The molecule has 0 bridgehead atoms. The van der Waals surface area contributed by atoms with Gasteiger partial charge in [-0.15, -0.1) is 0 Å². The molecule has 0 heterocycles. The third-order valence-electron chi connectivity index (χ3n) is 3.23. The Balaban J connectivity index is 2.30. The summed E-state index contributed by atoms with van der Waals surface area (Å²) in [4.78, 5) is 0. The van der Waals surface area contributed by atoms with E-state index in [-0.39, 0.29) is 6.04 Å². The zero-order valence-corrected chi connectivity index (χ0v) is 11.0. The fraction of sp³-hybridized carbons (Fsp3) is 0.600. The first-order valence-electron chi connectivity index (χ1n) is 6.82. The van der Waals surface area contributed by atoms with Gasteiger partial charge in [-0.2, -0.15) is 0 Å². The molecule has 0 saturated heterocycles. The highest BCUT2D eigenvalue weighted by molar-refractivity contribution is 5.25. The van der Waals surface area contributed by atoms with Gasteiger partial charge in [0.05, 0.1) is 0 Å². The minimum atomic E-state index is -0.0198. The second-order valence-electron chi connectivity index (χ2n) is 4.75. The van der Waals surface area contributed by atoms with Crippen LogP contribution in [0.15, 0.2) is 24.3 Å². The molecule has 2 nitrogen and oxygen atoms in total. The molecule has 0 aliphatic rings. The van der Waals surface area contributed by atoms with E-state index in [2.05, 4.69) is 31.2 Å². The van der Waals surface area contributed by atoms with Crippen LogP contribution in [0, 0.1) is 0 Å². The zero-order chi connectivity index (χ0) is 12.5. The van der Waals surface area contributed by atoms with Crippen molar-refractivity contribution >= 4 is 0 Å². The van der Waals surface area contributed by atoms with Crippen LogP contribution in [-0.4, -0.2) is 6.54 Å². The van der Waals surface area contributed by atoms with Gasteiger partial charge in [0.25, 0.3) is 0 Å². The summed E-state index contributed by atoms with van der Waals surface area (Å²) in [5.74, 6) is 0. The molecule has 4 N–H and O–H groups in total. The van der Waals surface area contributed by atoms with E-state index in [0.717, 1.165) is 5.56 Å². The molecule has 96 valence electrons. The van der Waals surface area contributed by atoms with Gasteiger partial charge < -0.3 is 11.5 Å². The van der Waals surface area contributed by atoms with Gasteiger partial charge in [0.2, 0.25) is 0 Å². The molecular formula is C15H26N2. The lowest BCUT2D eigenvalue weighted by Gasteiger charge is -2.09. The van der Waals surface area contributed by atoms with Crippen LogP contribution in [0.4, 0.5) is 0 Å². The summed E-state index contributed by atoms with van der Waals surface area (Å²) in [5.41, 5.74) is 14.0. The molecule has 1 rings (SSSR count). The molecule has 1 aromatic carbocycles. The number of nitrogens with two attached hydrogens (primary N) is 2. The first kappa shape index (κ1) is 14.2. The van der Waals surface area contributed by atoms with Crippen molar-refractivity contribution in [1.82, 2.24) is 0 Å². The van der Waals surface area contributed by atoms with Gasteiger partial charge in [-0.1, -0.05) is 56.9 Å². The molecule has 17 heavy (non-hydrogen) atoms. The number of benzene rings is 1. The quantitative estimate of drug-likeness (QED) is 0.679. The summed E-state index contributed by atoms with van der Waals surface area (Å²) in [6.45, 7) is 2.76.